The Kier molecular flexibility index (Phi) is 5.43. The number of nitrogens with one attached hydrogen (secondary N) is 2. The van der Waals surface area contributed by atoms with Gasteiger partial charge < -0.3 is 10.6 Å². The van der Waals surface area contributed by atoms with Gasteiger partial charge >= 0.3 is 0 Å². The van der Waals surface area contributed by atoms with Crippen molar-refractivity contribution in [3.8, 4) is 0 Å². The first kappa shape index (κ1) is 13.5. The number of amides is 1. The zero-order valence-corrected chi connectivity index (χ0v) is 10.5. The van der Waals surface area contributed by atoms with Crippen molar-refractivity contribution >= 4 is 5.91 Å². The average Bonchev–Trinajstić information content (AvgIpc) is 2.29. The molecule has 0 spiro atoms. The van der Waals surface area contributed by atoms with Crippen LogP contribution in [0.4, 0.5) is 0 Å². The predicted molar refractivity (Wildman–Crippen MR) is 71.2 cm³/mol. The van der Waals surface area contributed by atoms with Gasteiger partial charge in [-0.1, -0.05) is 29.8 Å². The standard InChI is InChI=1S/C14H20N2O/c1-11(2)10-15-8-9-16-14(17)13-6-4-12(3)5-7-13/h4-7,15H,1,8-10H2,2-3H3,(H,16,17). The van der Waals surface area contributed by atoms with Gasteiger partial charge in [0, 0.05) is 25.2 Å². The third-order valence-corrected chi connectivity index (χ3v) is 2.33. The Labute approximate surface area is 103 Å². The summed E-state index contributed by atoms with van der Waals surface area (Å²) in [6.07, 6.45) is 0. The minimum Gasteiger partial charge on any atom is -0.351 e. The van der Waals surface area contributed by atoms with Crippen LogP contribution in [0.15, 0.2) is 36.4 Å². The van der Waals surface area contributed by atoms with Crippen molar-refractivity contribution in [3.05, 3.63) is 47.5 Å². The summed E-state index contributed by atoms with van der Waals surface area (Å²) < 4.78 is 0. The van der Waals surface area contributed by atoms with Gasteiger partial charge in [-0.3, -0.25) is 4.79 Å². The number of benzene rings is 1. The molecule has 1 aromatic carbocycles. The average molecular weight is 232 g/mol. The quantitative estimate of drug-likeness (QED) is 0.581. The van der Waals surface area contributed by atoms with Gasteiger partial charge in [0.1, 0.15) is 0 Å². The molecule has 1 aromatic rings. The molecule has 0 radical (unpaired) electrons. The molecule has 3 heteroatoms. The van der Waals surface area contributed by atoms with Crippen molar-refractivity contribution in [2.45, 2.75) is 13.8 Å². The number of carbonyl (C=O) groups is 1. The monoisotopic (exact) mass is 232 g/mol. The Morgan fingerprint density at radius 2 is 1.88 bits per heavy atom. The van der Waals surface area contributed by atoms with E-state index < -0.39 is 0 Å². The Hall–Kier alpha value is -1.61. The van der Waals surface area contributed by atoms with Gasteiger partial charge in [0.2, 0.25) is 0 Å². The van der Waals surface area contributed by atoms with E-state index in [-0.39, 0.29) is 5.91 Å². The molecule has 0 saturated carbocycles. The predicted octanol–water partition coefficient (Wildman–Crippen LogP) is 1.89. The van der Waals surface area contributed by atoms with Gasteiger partial charge in [0.15, 0.2) is 0 Å². The van der Waals surface area contributed by atoms with E-state index in [2.05, 4.69) is 17.2 Å². The number of hydrogen-bond acceptors (Lipinski definition) is 2. The number of carbonyl (C=O) groups excluding carboxylic acids is 1. The van der Waals surface area contributed by atoms with E-state index in [9.17, 15) is 4.79 Å². The smallest absolute Gasteiger partial charge is 0.251 e. The molecule has 0 bridgehead atoms. The van der Waals surface area contributed by atoms with Crippen molar-refractivity contribution in [3.63, 3.8) is 0 Å². The molecule has 0 aliphatic heterocycles. The van der Waals surface area contributed by atoms with Crippen LogP contribution in [0, 0.1) is 6.92 Å². The van der Waals surface area contributed by atoms with E-state index >= 15 is 0 Å². The van der Waals surface area contributed by atoms with Crippen LogP contribution in [0.3, 0.4) is 0 Å². The second-order valence-corrected chi connectivity index (χ2v) is 4.26. The fourth-order valence-corrected chi connectivity index (χ4v) is 1.37. The molecule has 0 aliphatic carbocycles. The summed E-state index contributed by atoms with van der Waals surface area (Å²) in [5.74, 6) is -0.0258. The fraction of sp³-hybridized carbons (Fsp3) is 0.357. The van der Waals surface area contributed by atoms with Crippen LogP contribution >= 0.6 is 0 Å². The van der Waals surface area contributed by atoms with Gasteiger partial charge in [-0.2, -0.15) is 0 Å². The normalized spacial score (nSPS) is 10.0. The van der Waals surface area contributed by atoms with Crippen LogP contribution in [0.25, 0.3) is 0 Å². The third kappa shape index (κ3) is 5.31. The molecular formula is C14H20N2O. The zero-order valence-electron chi connectivity index (χ0n) is 10.5. The first-order valence-electron chi connectivity index (χ1n) is 5.79. The van der Waals surface area contributed by atoms with Gasteiger partial charge in [0.05, 0.1) is 0 Å². The maximum atomic E-state index is 11.7. The third-order valence-electron chi connectivity index (χ3n) is 2.33. The molecule has 3 nitrogen and oxygen atoms in total. The summed E-state index contributed by atoms with van der Waals surface area (Å²) in [5, 5.41) is 6.05. The lowest BCUT2D eigenvalue weighted by Gasteiger charge is -2.07. The summed E-state index contributed by atoms with van der Waals surface area (Å²) >= 11 is 0. The van der Waals surface area contributed by atoms with E-state index in [4.69, 9.17) is 0 Å². The SMILES string of the molecule is C=C(C)CNCCNC(=O)c1ccc(C)cc1. The molecule has 0 unspecified atom stereocenters. The Morgan fingerprint density at radius 1 is 1.24 bits per heavy atom. The maximum absolute atomic E-state index is 11.7. The molecule has 0 fully saturated rings. The van der Waals surface area contributed by atoms with Crippen molar-refractivity contribution in [2.75, 3.05) is 19.6 Å². The minimum absolute atomic E-state index is 0.0258. The lowest BCUT2D eigenvalue weighted by Crippen LogP contribution is -2.32. The van der Waals surface area contributed by atoms with Crippen LogP contribution in [0.1, 0.15) is 22.8 Å². The molecule has 0 aliphatic rings. The lowest BCUT2D eigenvalue weighted by molar-refractivity contribution is 0.0954. The van der Waals surface area contributed by atoms with Crippen LogP contribution in [-0.4, -0.2) is 25.5 Å². The molecule has 0 atom stereocenters. The van der Waals surface area contributed by atoms with E-state index in [0.29, 0.717) is 12.1 Å². The zero-order chi connectivity index (χ0) is 12.7. The lowest BCUT2D eigenvalue weighted by atomic mass is 10.1. The van der Waals surface area contributed by atoms with Gasteiger partial charge in [0.25, 0.3) is 5.91 Å². The number of rotatable bonds is 6. The molecule has 0 saturated heterocycles. The van der Waals surface area contributed by atoms with E-state index in [1.807, 2.05) is 38.1 Å². The summed E-state index contributed by atoms with van der Waals surface area (Å²) in [4.78, 5) is 11.7. The number of hydrogen-bond donors (Lipinski definition) is 2. The highest BCUT2D eigenvalue weighted by Gasteiger charge is 2.02. The minimum atomic E-state index is -0.0258. The molecule has 2 N–H and O–H groups in total. The summed E-state index contributed by atoms with van der Waals surface area (Å²) in [5.41, 5.74) is 2.95. The van der Waals surface area contributed by atoms with Crippen molar-refractivity contribution < 1.29 is 4.79 Å². The van der Waals surface area contributed by atoms with Crippen LogP contribution < -0.4 is 10.6 Å². The first-order chi connectivity index (χ1) is 8.09. The van der Waals surface area contributed by atoms with Crippen LogP contribution in [0.5, 0.6) is 0 Å². The molecule has 0 aromatic heterocycles. The molecule has 92 valence electrons. The summed E-state index contributed by atoms with van der Waals surface area (Å²) in [6, 6.07) is 7.56. The molecule has 1 rings (SSSR count). The van der Waals surface area contributed by atoms with Crippen molar-refractivity contribution in [2.24, 2.45) is 0 Å². The highest BCUT2D eigenvalue weighted by molar-refractivity contribution is 5.94. The van der Waals surface area contributed by atoms with Gasteiger partial charge in [-0.05, 0) is 26.0 Å². The molecule has 17 heavy (non-hydrogen) atoms. The summed E-state index contributed by atoms with van der Waals surface area (Å²) in [6.45, 7) is 9.94. The fourth-order valence-electron chi connectivity index (χ4n) is 1.37. The Bertz CT molecular complexity index is 382. The highest BCUT2D eigenvalue weighted by atomic mass is 16.1. The Morgan fingerprint density at radius 3 is 2.47 bits per heavy atom. The molecular weight excluding hydrogens is 212 g/mol. The second kappa shape index (κ2) is 6.86. The Balaban J connectivity index is 2.25. The first-order valence-corrected chi connectivity index (χ1v) is 5.79. The molecule has 1 amide bonds. The van der Waals surface area contributed by atoms with Crippen LogP contribution in [-0.2, 0) is 0 Å². The summed E-state index contributed by atoms with van der Waals surface area (Å²) in [7, 11) is 0. The maximum Gasteiger partial charge on any atom is 0.251 e. The van der Waals surface area contributed by atoms with Crippen molar-refractivity contribution in [1.29, 1.82) is 0 Å². The van der Waals surface area contributed by atoms with Gasteiger partial charge in [-0.25, -0.2) is 0 Å². The number of aryl methyl sites for hydroxylation is 1. The largest absolute Gasteiger partial charge is 0.351 e. The van der Waals surface area contributed by atoms with Crippen molar-refractivity contribution in [1.82, 2.24) is 10.6 Å². The highest BCUT2D eigenvalue weighted by Crippen LogP contribution is 2.02. The molecule has 0 heterocycles. The van der Waals surface area contributed by atoms with E-state index in [1.54, 1.807) is 0 Å². The topological polar surface area (TPSA) is 41.1 Å². The second-order valence-electron chi connectivity index (χ2n) is 4.26. The van der Waals surface area contributed by atoms with Crippen LogP contribution in [0.2, 0.25) is 0 Å². The van der Waals surface area contributed by atoms with E-state index in [0.717, 1.165) is 24.2 Å². The van der Waals surface area contributed by atoms with Gasteiger partial charge in [-0.15, -0.1) is 0 Å². The van der Waals surface area contributed by atoms with E-state index in [1.165, 1.54) is 0 Å².